The fourth-order valence-electron chi connectivity index (χ4n) is 1.61. The molecule has 0 bridgehead atoms. The van der Waals surface area contributed by atoms with Gasteiger partial charge in [0.15, 0.2) is 0 Å². The summed E-state index contributed by atoms with van der Waals surface area (Å²) in [7, 11) is 1.59. The van der Waals surface area contributed by atoms with E-state index in [0.717, 1.165) is 32.1 Å². The summed E-state index contributed by atoms with van der Waals surface area (Å²) in [5.41, 5.74) is 0. The largest absolute Gasteiger partial charge is 0.390 e. The molecule has 0 aliphatic rings. The van der Waals surface area contributed by atoms with E-state index in [-0.39, 0.29) is 19.0 Å². The number of ether oxygens (including phenoxy) is 2. The molecule has 0 aromatic heterocycles. The lowest BCUT2D eigenvalue weighted by Crippen LogP contribution is -2.29. The van der Waals surface area contributed by atoms with Gasteiger partial charge in [-0.2, -0.15) is 0 Å². The Morgan fingerprint density at radius 1 is 1.31 bits per heavy atom. The van der Waals surface area contributed by atoms with Gasteiger partial charge in [-0.25, -0.2) is 0 Å². The van der Waals surface area contributed by atoms with Gasteiger partial charge in [0.05, 0.1) is 12.2 Å². The van der Waals surface area contributed by atoms with Crippen LogP contribution in [0, 0.1) is 0 Å². The first kappa shape index (κ1) is 15.6. The molecule has 1 N–H and O–H groups in total. The molecule has 0 aliphatic carbocycles. The van der Waals surface area contributed by atoms with Crippen LogP contribution in [0.15, 0.2) is 12.7 Å². The molecule has 0 heterocycles. The normalized spacial score (nSPS) is 14.7. The van der Waals surface area contributed by atoms with E-state index in [0.29, 0.717) is 0 Å². The molecule has 0 radical (unpaired) electrons. The lowest BCUT2D eigenvalue weighted by atomic mass is 10.0. The number of aliphatic hydroxyl groups excluding tert-OH is 1. The maximum atomic E-state index is 9.97. The fourth-order valence-corrected chi connectivity index (χ4v) is 1.61. The second-order valence-electron chi connectivity index (χ2n) is 4.04. The summed E-state index contributed by atoms with van der Waals surface area (Å²) in [4.78, 5) is 0. The van der Waals surface area contributed by atoms with Crippen molar-refractivity contribution in [2.24, 2.45) is 0 Å². The highest BCUT2D eigenvalue weighted by molar-refractivity contribution is 4.75. The minimum Gasteiger partial charge on any atom is -0.390 e. The Labute approximate surface area is 99.5 Å². The Morgan fingerprint density at radius 2 is 2.06 bits per heavy atom. The molecule has 16 heavy (non-hydrogen) atoms. The molecule has 0 unspecified atom stereocenters. The predicted octanol–water partition coefficient (Wildman–Crippen LogP) is 2.88. The summed E-state index contributed by atoms with van der Waals surface area (Å²) in [5.74, 6) is 0. The Balaban J connectivity index is 3.87. The van der Waals surface area contributed by atoms with E-state index in [1.54, 1.807) is 7.11 Å². The topological polar surface area (TPSA) is 38.7 Å². The zero-order chi connectivity index (χ0) is 12.2. The molecule has 2 atom stereocenters. The fraction of sp³-hybridized carbons (Fsp3) is 0.846. The van der Waals surface area contributed by atoms with E-state index in [1.165, 1.54) is 6.42 Å². The molecule has 0 rings (SSSR count). The number of hydrogen-bond donors (Lipinski definition) is 1. The van der Waals surface area contributed by atoms with Crippen molar-refractivity contribution in [2.45, 2.75) is 57.7 Å². The molecular formula is C13H26O3. The van der Waals surface area contributed by atoms with Gasteiger partial charge >= 0.3 is 0 Å². The van der Waals surface area contributed by atoms with Crippen molar-refractivity contribution in [3.05, 3.63) is 12.7 Å². The van der Waals surface area contributed by atoms with Crippen LogP contribution >= 0.6 is 0 Å². The SMILES string of the molecule is C=CCC[C@@H](OCOC)[C@H](O)CCCCC. The van der Waals surface area contributed by atoms with E-state index in [4.69, 9.17) is 9.47 Å². The summed E-state index contributed by atoms with van der Waals surface area (Å²) >= 11 is 0. The smallest absolute Gasteiger partial charge is 0.146 e. The average molecular weight is 230 g/mol. The quantitative estimate of drug-likeness (QED) is 0.337. The Morgan fingerprint density at radius 3 is 2.62 bits per heavy atom. The summed E-state index contributed by atoms with van der Waals surface area (Å²) in [6.45, 7) is 6.08. The molecule has 0 saturated heterocycles. The number of rotatable bonds is 11. The molecule has 0 amide bonds. The van der Waals surface area contributed by atoms with Gasteiger partial charge < -0.3 is 14.6 Å². The summed E-state index contributed by atoms with van der Waals surface area (Å²) in [6.07, 6.45) is 7.19. The van der Waals surface area contributed by atoms with Crippen LogP contribution in [0.4, 0.5) is 0 Å². The first-order valence-electron chi connectivity index (χ1n) is 6.15. The monoisotopic (exact) mass is 230 g/mol. The third-order valence-electron chi connectivity index (χ3n) is 2.59. The number of aliphatic hydroxyl groups is 1. The first-order chi connectivity index (χ1) is 7.76. The lowest BCUT2D eigenvalue weighted by Gasteiger charge is -2.22. The zero-order valence-corrected chi connectivity index (χ0v) is 10.7. The highest BCUT2D eigenvalue weighted by atomic mass is 16.7. The van der Waals surface area contributed by atoms with Gasteiger partial charge in [0, 0.05) is 7.11 Å². The van der Waals surface area contributed by atoms with E-state index in [1.807, 2.05) is 6.08 Å². The van der Waals surface area contributed by atoms with Gasteiger partial charge in [-0.1, -0.05) is 32.3 Å². The van der Waals surface area contributed by atoms with Crippen molar-refractivity contribution in [3.63, 3.8) is 0 Å². The number of unbranched alkanes of at least 4 members (excludes halogenated alkanes) is 2. The predicted molar refractivity (Wildman–Crippen MR) is 66.3 cm³/mol. The first-order valence-corrected chi connectivity index (χ1v) is 6.15. The van der Waals surface area contributed by atoms with Crippen molar-refractivity contribution < 1.29 is 14.6 Å². The maximum absolute atomic E-state index is 9.97. The van der Waals surface area contributed by atoms with Crippen LogP contribution < -0.4 is 0 Å². The molecule has 0 aromatic rings. The zero-order valence-electron chi connectivity index (χ0n) is 10.7. The van der Waals surface area contributed by atoms with Crippen LogP contribution in [-0.4, -0.2) is 31.2 Å². The molecule has 3 nitrogen and oxygen atoms in total. The number of allylic oxidation sites excluding steroid dienone is 1. The second kappa shape index (κ2) is 11.1. The highest BCUT2D eigenvalue weighted by Gasteiger charge is 2.18. The van der Waals surface area contributed by atoms with Crippen molar-refractivity contribution in [3.8, 4) is 0 Å². The van der Waals surface area contributed by atoms with E-state index >= 15 is 0 Å². The molecule has 0 saturated carbocycles. The van der Waals surface area contributed by atoms with Gasteiger partial charge in [-0.15, -0.1) is 6.58 Å². The third kappa shape index (κ3) is 7.85. The van der Waals surface area contributed by atoms with Crippen LogP contribution in [0.5, 0.6) is 0 Å². The minimum absolute atomic E-state index is 0.130. The van der Waals surface area contributed by atoms with Crippen molar-refractivity contribution in [1.82, 2.24) is 0 Å². The van der Waals surface area contributed by atoms with Crippen LogP contribution in [-0.2, 0) is 9.47 Å². The second-order valence-corrected chi connectivity index (χ2v) is 4.04. The molecule has 96 valence electrons. The van der Waals surface area contributed by atoms with Gasteiger partial charge in [0.2, 0.25) is 0 Å². The van der Waals surface area contributed by atoms with Gasteiger partial charge in [-0.3, -0.25) is 0 Å². The summed E-state index contributed by atoms with van der Waals surface area (Å²) in [6, 6.07) is 0. The van der Waals surface area contributed by atoms with E-state index in [9.17, 15) is 5.11 Å². The summed E-state index contributed by atoms with van der Waals surface area (Å²) in [5, 5.41) is 9.97. The standard InChI is InChI=1S/C13H26O3/c1-4-6-8-9-12(14)13(10-7-5-2)16-11-15-3/h5,12-14H,2,4,6-11H2,1,3H3/t12-,13-/m1/s1. The van der Waals surface area contributed by atoms with Crippen molar-refractivity contribution in [2.75, 3.05) is 13.9 Å². The van der Waals surface area contributed by atoms with Crippen LogP contribution in [0.2, 0.25) is 0 Å². The number of methoxy groups -OCH3 is 1. The van der Waals surface area contributed by atoms with E-state index < -0.39 is 0 Å². The van der Waals surface area contributed by atoms with Crippen LogP contribution in [0.25, 0.3) is 0 Å². The van der Waals surface area contributed by atoms with Gasteiger partial charge in [0.1, 0.15) is 6.79 Å². The minimum atomic E-state index is -0.387. The third-order valence-corrected chi connectivity index (χ3v) is 2.59. The van der Waals surface area contributed by atoms with Gasteiger partial charge in [0.25, 0.3) is 0 Å². The van der Waals surface area contributed by atoms with Gasteiger partial charge in [-0.05, 0) is 19.3 Å². The van der Waals surface area contributed by atoms with Crippen LogP contribution in [0.3, 0.4) is 0 Å². The Hall–Kier alpha value is -0.380. The molecule has 0 aliphatic heterocycles. The molecule has 0 fully saturated rings. The Kier molecular flexibility index (Phi) is 10.9. The van der Waals surface area contributed by atoms with E-state index in [2.05, 4.69) is 13.5 Å². The molecule has 0 spiro atoms. The Bertz CT molecular complexity index is 159. The van der Waals surface area contributed by atoms with Crippen molar-refractivity contribution >= 4 is 0 Å². The average Bonchev–Trinajstić information content (AvgIpc) is 2.29. The number of hydrogen-bond acceptors (Lipinski definition) is 3. The highest BCUT2D eigenvalue weighted by Crippen LogP contribution is 2.14. The maximum Gasteiger partial charge on any atom is 0.146 e. The lowest BCUT2D eigenvalue weighted by molar-refractivity contribution is -0.116. The van der Waals surface area contributed by atoms with Crippen molar-refractivity contribution in [1.29, 1.82) is 0 Å². The molecule has 0 aromatic carbocycles. The summed E-state index contributed by atoms with van der Waals surface area (Å²) < 4.78 is 10.3. The molecular weight excluding hydrogens is 204 g/mol. The van der Waals surface area contributed by atoms with Crippen LogP contribution in [0.1, 0.15) is 45.4 Å². The molecule has 3 heteroatoms.